The molecule has 0 radical (unpaired) electrons. The summed E-state index contributed by atoms with van der Waals surface area (Å²) in [6.07, 6.45) is 2.81. The SMILES string of the molecule is O=C(Nc1cc(NC(=O)C2CC2)ccc1Br)c1ccc(=O)n(-c2c(F)cccc2F)c1. The molecule has 2 aromatic carbocycles. The van der Waals surface area contributed by atoms with E-state index in [1.54, 1.807) is 18.2 Å². The van der Waals surface area contributed by atoms with Crippen LogP contribution in [0.4, 0.5) is 20.2 Å². The number of hydrogen-bond acceptors (Lipinski definition) is 3. The number of carbonyl (C=O) groups is 2. The molecule has 31 heavy (non-hydrogen) atoms. The van der Waals surface area contributed by atoms with Crippen molar-refractivity contribution in [3.05, 3.63) is 86.8 Å². The van der Waals surface area contributed by atoms with Gasteiger partial charge in [-0.15, -0.1) is 0 Å². The Morgan fingerprint density at radius 3 is 2.39 bits per heavy atom. The van der Waals surface area contributed by atoms with Gasteiger partial charge < -0.3 is 10.6 Å². The maximum absolute atomic E-state index is 14.1. The van der Waals surface area contributed by atoms with Gasteiger partial charge >= 0.3 is 0 Å². The van der Waals surface area contributed by atoms with Gasteiger partial charge in [0.25, 0.3) is 11.5 Å². The Labute approximate surface area is 184 Å². The third-order valence-corrected chi connectivity index (χ3v) is 5.47. The van der Waals surface area contributed by atoms with E-state index in [0.717, 1.165) is 41.8 Å². The number of hydrogen-bond donors (Lipinski definition) is 2. The largest absolute Gasteiger partial charge is 0.326 e. The Balaban J connectivity index is 1.61. The summed E-state index contributed by atoms with van der Waals surface area (Å²) in [6, 6.07) is 10.5. The number of aromatic nitrogens is 1. The van der Waals surface area contributed by atoms with Crippen molar-refractivity contribution in [2.45, 2.75) is 12.8 Å². The molecule has 3 aromatic rings. The number of amides is 2. The lowest BCUT2D eigenvalue weighted by molar-refractivity contribution is -0.117. The van der Waals surface area contributed by atoms with Gasteiger partial charge in [0, 0.05) is 28.3 Å². The lowest BCUT2D eigenvalue weighted by atomic mass is 10.2. The second kappa shape index (κ2) is 8.43. The van der Waals surface area contributed by atoms with E-state index in [2.05, 4.69) is 26.6 Å². The van der Waals surface area contributed by atoms with E-state index in [1.165, 1.54) is 12.1 Å². The van der Waals surface area contributed by atoms with Crippen LogP contribution in [0.5, 0.6) is 0 Å². The molecule has 0 spiro atoms. The summed E-state index contributed by atoms with van der Waals surface area (Å²) < 4.78 is 29.6. The van der Waals surface area contributed by atoms with Crippen LogP contribution in [-0.2, 0) is 4.79 Å². The average molecular weight is 488 g/mol. The van der Waals surface area contributed by atoms with Crippen LogP contribution >= 0.6 is 15.9 Å². The smallest absolute Gasteiger partial charge is 0.257 e. The molecule has 1 aromatic heterocycles. The monoisotopic (exact) mass is 487 g/mol. The zero-order valence-corrected chi connectivity index (χ0v) is 17.6. The van der Waals surface area contributed by atoms with Gasteiger partial charge in [-0.1, -0.05) is 6.07 Å². The van der Waals surface area contributed by atoms with Crippen molar-refractivity contribution >= 4 is 39.1 Å². The molecule has 4 rings (SSSR count). The van der Waals surface area contributed by atoms with E-state index in [9.17, 15) is 23.2 Å². The normalized spacial score (nSPS) is 13.0. The number of anilines is 2. The summed E-state index contributed by atoms with van der Waals surface area (Å²) in [5, 5.41) is 5.47. The molecule has 0 unspecified atom stereocenters. The molecule has 158 valence electrons. The Morgan fingerprint density at radius 1 is 1.00 bits per heavy atom. The van der Waals surface area contributed by atoms with Crippen molar-refractivity contribution in [3.63, 3.8) is 0 Å². The van der Waals surface area contributed by atoms with Gasteiger partial charge in [-0.2, -0.15) is 0 Å². The van der Waals surface area contributed by atoms with Gasteiger partial charge in [0.2, 0.25) is 5.91 Å². The van der Waals surface area contributed by atoms with Crippen LogP contribution in [0.1, 0.15) is 23.2 Å². The zero-order chi connectivity index (χ0) is 22.1. The molecule has 1 aliphatic carbocycles. The quantitative estimate of drug-likeness (QED) is 0.556. The number of halogens is 3. The summed E-state index contributed by atoms with van der Waals surface area (Å²) in [5.41, 5.74) is -0.330. The Kier molecular flexibility index (Phi) is 5.69. The maximum Gasteiger partial charge on any atom is 0.257 e. The fourth-order valence-electron chi connectivity index (χ4n) is 3.00. The van der Waals surface area contributed by atoms with Gasteiger partial charge in [0.15, 0.2) is 0 Å². The number of carbonyl (C=O) groups excluding carboxylic acids is 2. The molecule has 1 heterocycles. The number of nitrogens with one attached hydrogen (secondary N) is 2. The number of nitrogens with zero attached hydrogens (tertiary/aromatic N) is 1. The van der Waals surface area contributed by atoms with Crippen molar-refractivity contribution < 1.29 is 18.4 Å². The van der Waals surface area contributed by atoms with Crippen LogP contribution in [0.3, 0.4) is 0 Å². The third-order valence-electron chi connectivity index (χ3n) is 4.78. The number of benzene rings is 2. The highest BCUT2D eigenvalue weighted by Gasteiger charge is 2.29. The molecule has 1 fully saturated rings. The molecule has 0 aliphatic heterocycles. The highest BCUT2D eigenvalue weighted by molar-refractivity contribution is 9.10. The summed E-state index contributed by atoms with van der Waals surface area (Å²) >= 11 is 3.34. The van der Waals surface area contributed by atoms with Gasteiger partial charge in [0.1, 0.15) is 17.3 Å². The van der Waals surface area contributed by atoms with Crippen LogP contribution in [0.25, 0.3) is 5.69 Å². The number of para-hydroxylation sites is 1. The summed E-state index contributed by atoms with van der Waals surface area (Å²) in [7, 11) is 0. The molecule has 0 saturated heterocycles. The fraction of sp³-hybridized carbons (Fsp3) is 0.136. The topological polar surface area (TPSA) is 80.2 Å². The van der Waals surface area contributed by atoms with E-state index >= 15 is 0 Å². The summed E-state index contributed by atoms with van der Waals surface area (Å²) in [5.74, 6) is -2.50. The molecule has 1 saturated carbocycles. The van der Waals surface area contributed by atoms with Crippen LogP contribution in [0, 0.1) is 17.6 Å². The van der Waals surface area contributed by atoms with Gasteiger partial charge in [0.05, 0.1) is 11.3 Å². The highest BCUT2D eigenvalue weighted by Crippen LogP contribution is 2.32. The molecule has 0 bridgehead atoms. The molecule has 2 amide bonds. The molecular formula is C22H16BrF2N3O3. The molecule has 1 aliphatic rings. The van der Waals surface area contributed by atoms with E-state index in [1.807, 2.05) is 0 Å². The minimum atomic E-state index is -0.929. The molecule has 6 nitrogen and oxygen atoms in total. The second-order valence-electron chi connectivity index (χ2n) is 7.11. The maximum atomic E-state index is 14.1. The predicted octanol–water partition coefficient (Wildman–Crippen LogP) is 4.48. The Hall–Kier alpha value is -3.33. The van der Waals surface area contributed by atoms with Crippen molar-refractivity contribution in [2.24, 2.45) is 5.92 Å². The van der Waals surface area contributed by atoms with E-state index in [-0.39, 0.29) is 17.4 Å². The van der Waals surface area contributed by atoms with E-state index in [4.69, 9.17) is 0 Å². The first-order valence-corrected chi connectivity index (χ1v) is 10.2. The predicted molar refractivity (Wildman–Crippen MR) is 115 cm³/mol. The van der Waals surface area contributed by atoms with Crippen LogP contribution in [0.15, 0.2) is 64.0 Å². The Bertz CT molecular complexity index is 1230. The average Bonchev–Trinajstić information content (AvgIpc) is 3.57. The highest BCUT2D eigenvalue weighted by atomic mass is 79.9. The fourth-order valence-corrected chi connectivity index (χ4v) is 3.34. The first-order chi connectivity index (χ1) is 14.8. The van der Waals surface area contributed by atoms with Crippen LogP contribution < -0.4 is 16.2 Å². The van der Waals surface area contributed by atoms with Gasteiger partial charge in [-0.25, -0.2) is 8.78 Å². The standard InChI is InChI=1S/C22H16BrF2N3O3/c23-15-8-7-14(26-21(30)12-4-5-12)10-18(15)27-22(31)13-6-9-19(29)28(11-13)20-16(24)2-1-3-17(20)25/h1-3,6-12H,4-5H2,(H,26,30)(H,27,31). The molecule has 9 heteroatoms. The minimum absolute atomic E-state index is 0.0153. The van der Waals surface area contributed by atoms with Crippen molar-refractivity contribution in [1.82, 2.24) is 4.57 Å². The molecule has 0 atom stereocenters. The van der Waals surface area contributed by atoms with Crippen molar-refractivity contribution in [2.75, 3.05) is 10.6 Å². The van der Waals surface area contributed by atoms with Gasteiger partial charge in [-0.05, 0) is 65.2 Å². The Morgan fingerprint density at radius 2 is 1.71 bits per heavy atom. The van der Waals surface area contributed by atoms with E-state index in [0.29, 0.717) is 15.8 Å². The lowest BCUT2D eigenvalue weighted by Crippen LogP contribution is -2.22. The number of rotatable bonds is 5. The van der Waals surface area contributed by atoms with Crippen molar-refractivity contribution in [1.29, 1.82) is 0 Å². The third kappa shape index (κ3) is 4.56. The number of pyridine rings is 1. The zero-order valence-electron chi connectivity index (χ0n) is 16.0. The molecule has 2 N–H and O–H groups in total. The van der Waals surface area contributed by atoms with Gasteiger partial charge in [-0.3, -0.25) is 19.0 Å². The van der Waals surface area contributed by atoms with Crippen molar-refractivity contribution in [3.8, 4) is 5.69 Å². The summed E-state index contributed by atoms with van der Waals surface area (Å²) in [6.45, 7) is 0. The first kappa shape index (κ1) is 20.9. The summed E-state index contributed by atoms with van der Waals surface area (Å²) in [4.78, 5) is 36.9. The van der Waals surface area contributed by atoms with Crippen LogP contribution in [0.2, 0.25) is 0 Å². The first-order valence-electron chi connectivity index (χ1n) is 9.42. The molecular weight excluding hydrogens is 472 g/mol. The van der Waals surface area contributed by atoms with Crippen LogP contribution in [-0.4, -0.2) is 16.4 Å². The second-order valence-corrected chi connectivity index (χ2v) is 7.96. The van der Waals surface area contributed by atoms with E-state index < -0.39 is 28.8 Å². The minimum Gasteiger partial charge on any atom is -0.326 e. The lowest BCUT2D eigenvalue weighted by Gasteiger charge is -2.12.